The van der Waals surface area contributed by atoms with Crippen LogP contribution in [0.5, 0.6) is 0 Å². The molecule has 17 heavy (non-hydrogen) atoms. The highest BCUT2D eigenvalue weighted by Gasteiger charge is 2.17. The molecule has 0 spiro atoms. The maximum Gasteiger partial charge on any atom is 0.239 e. The number of nitrogens with one attached hydrogen (secondary N) is 2. The van der Waals surface area contributed by atoms with Crippen molar-refractivity contribution in [2.24, 2.45) is 11.7 Å². The van der Waals surface area contributed by atoms with Gasteiger partial charge in [0, 0.05) is 5.54 Å². The summed E-state index contributed by atoms with van der Waals surface area (Å²) in [6.07, 6.45) is 0.618. The second-order valence-electron chi connectivity index (χ2n) is 5.75. The summed E-state index contributed by atoms with van der Waals surface area (Å²) in [5.74, 6) is -0.121. The molecule has 0 heterocycles. The van der Waals surface area contributed by atoms with Crippen LogP contribution in [0.1, 0.15) is 41.0 Å². The Morgan fingerprint density at radius 1 is 1.24 bits per heavy atom. The summed E-state index contributed by atoms with van der Waals surface area (Å²) in [6.45, 7) is 9.63. The summed E-state index contributed by atoms with van der Waals surface area (Å²) in [5.41, 5.74) is 5.40. The molecule has 0 aliphatic heterocycles. The Morgan fingerprint density at radius 3 is 2.18 bits per heavy atom. The van der Waals surface area contributed by atoms with Gasteiger partial charge in [-0.3, -0.25) is 9.59 Å². The first-order chi connectivity index (χ1) is 7.61. The van der Waals surface area contributed by atoms with E-state index in [-0.39, 0.29) is 23.9 Å². The third-order valence-electron chi connectivity index (χ3n) is 2.00. The zero-order chi connectivity index (χ0) is 13.6. The number of carbonyl (C=O) groups is 2. The average molecular weight is 243 g/mol. The molecule has 0 aromatic carbocycles. The molecule has 0 unspecified atom stereocenters. The van der Waals surface area contributed by atoms with E-state index in [1.54, 1.807) is 0 Å². The Labute approximate surface area is 104 Å². The van der Waals surface area contributed by atoms with Crippen molar-refractivity contribution in [1.29, 1.82) is 0 Å². The molecule has 4 N–H and O–H groups in total. The van der Waals surface area contributed by atoms with Gasteiger partial charge in [-0.05, 0) is 33.1 Å². The summed E-state index contributed by atoms with van der Waals surface area (Å²) in [5, 5.41) is 5.29. The normalized spacial score (nSPS) is 13.4. The number of hydrogen-bond acceptors (Lipinski definition) is 3. The molecule has 5 heteroatoms. The van der Waals surface area contributed by atoms with Crippen LogP contribution in [0.2, 0.25) is 0 Å². The standard InChI is InChI=1S/C12H25N3O2/c1-8(2)6-9(13)11(17)14-7-10(16)15-12(3,4)5/h8-9H,6-7,13H2,1-5H3,(H,14,17)(H,15,16)/t9-/m0/s1. The lowest BCUT2D eigenvalue weighted by atomic mass is 10.0. The van der Waals surface area contributed by atoms with Gasteiger partial charge < -0.3 is 16.4 Å². The molecule has 0 aliphatic rings. The summed E-state index contributed by atoms with van der Waals surface area (Å²) in [7, 11) is 0. The Hall–Kier alpha value is -1.10. The molecule has 5 nitrogen and oxygen atoms in total. The smallest absolute Gasteiger partial charge is 0.239 e. The third-order valence-corrected chi connectivity index (χ3v) is 2.00. The molecule has 100 valence electrons. The van der Waals surface area contributed by atoms with E-state index in [0.29, 0.717) is 12.3 Å². The van der Waals surface area contributed by atoms with Crippen molar-refractivity contribution in [1.82, 2.24) is 10.6 Å². The third kappa shape index (κ3) is 8.68. The first kappa shape index (κ1) is 15.9. The lowest BCUT2D eigenvalue weighted by molar-refractivity contribution is -0.127. The molecule has 0 saturated carbocycles. The van der Waals surface area contributed by atoms with Crippen molar-refractivity contribution in [3.05, 3.63) is 0 Å². The van der Waals surface area contributed by atoms with Gasteiger partial charge >= 0.3 is 0 Å². The molecule has 1 atom stereocenters. The molecule has 0 rings (SSSR count). The summed E-state index contributed by atoms with van der Waals surface area (Å²) in [6, 6.07) is -0.544. The second kappa shape index (κ2) is 6.59. The highest BCUT2D eigenvalue weighted by Crippen LogP contribution is 2.02. The maximum atomic E-state index is 11.5. The van der Waals surface area contributed by atoms with Crippen LogP contribution in [0.4, 0.5) is 0 Å². The number of hydrogen-bond donors (Lipinski definition) is 3. The van der Waals surface area contributed by atoms with Gasteiger partial charge in [0.2, 0.25) is 11.8 Å². The van der Waals surface area contributed by atoms with Crippen molar-refractivity contribution in [3.63, 3.8) is 0 Å². The molecule has 0 saturated heterocycles. The van der Waals surface area contributed by atoms with E-state index in [4.69, 9.17) is 5.73 Å². The zero-order valence-electron chi connectivity index (χ0n) is 11.5. The van der Waals surface area contributed by atoms with Crippen LogP contribution >= 0.6 is 0 Å². The SMILES string of the molecule is CC(C)C[C@H](N)C(=O)NCC(=O)NC(C)(C)C. The van der Waals surface area contributed by atoms with Crippen LogP contribution in [-0.4, -0.2) is 29.9 Å². The predicted molar refractivity (Wildman–Crippen MR) is 68.3 cm³/mol. The molecule has 0 bridgehead atoms. The Balaban J connectivity index is 3.96. The van der Waals surface area contributed by atoms with Gasteiger partial charge in [-0.1, -0.05) is 13.8 Å². The number of carbonyl (C=O) groups excluding carboxylic acids is 2. The lowest BCUT2D eigenvalue weighted by Gasteiger charge is -2.21. The molecule has 0 aliphatic carbocycles. The predicted octanol–water partition coefficient (Wildman–Crippen LogP) is 0.391. The summed E-state index contributed by atoms with van der Waals surface area (Å²) < 4.78 is 0. The first-order valence-corrected chi connectivity index (χ1v) is 5.96. The van der Waals surface area contributed by atoms with E-state index in [9.17, 15) is 9.59 Å². The topological polar surface area (TPSA) is 84.2 Å². The van der Waals surface area contributed by atoms with Crippen LogP contribution in [-0.2, 0) is 9.59 Å². The Bertz CT molecular complexity index is 269. The number of nitrogens with two attached hydrogens (primary N) is 1. The quantitative estimate of drug-likeness (QED) is 0.653. The summed E-state index contributed by atoms with van der Waals surface area (Å²) >= 11 is 0. The first-order valence-electron chi connectivity index (χ1n) is 5.96. The molecular formula is C12H25N3O2. The Morgan fingerprint density at radius 2 is 1.76 bits per heavy atom. The molecule has 0 radical (unpaired) electrons. The fourth-order valence-electron chi connectivity index (χ4n) is 1.38. The fourth-order valence-corrected chi connectivity index (χ4v) is 1.38. The molecule has 0 aromatic heterocycles. The average Bonchev–Trinajstić information content (AvgIpc) is 2.10. The van der Waals surface area contributed by atoms with Gasteiger partial charge in [-0.25, -0.2) is 0 Å². The van der Waals surface area contributed by atoms with Gasteiger partial charge in [0.05, 0.1) is 12.6 Å². The van der Waals surface area contributed by atoms with E-state index in [1.807, 2.05) is 34.6 Å². The van der Waals surface area contributed by atoms with Gasteiger partial charge in [0.15, 0.2) is 0 Å². The van der Waals surface area contributed by atoms with Crippen molar-refractivity contribution in [2.45, 2.75) is 52.6 Å². The zero-order valence-corrected chi connectivity index (χ0v) is 11.5. The van der Waals surface area contributed by atoms with Crippen molar-refractivity contribution < 1.29 is 9.59 Å². The second-order valence-corrected chi connectivity index (χ2v) is 5.75. The van der Waals surface area contributed by atoms with Crippen LogP contribution in [0, 0.1) is 5.92 Å². The Kier molecular flexibility index (Phi) is 6.16. The highest BCUT2D eigenvalue weighted by molar-refractivity contribution is 5.87. The van der Waals surface area contributed by atoms with Crippen LogP contribution in [0.25, 0.3) is 0 Å². The minimum atomic E-state index is -0.544. The minimum absolute atomic E-state index is 0.0259. The lowest BCUT2D eigenvalue weighted by Crippen LogP contribution is -2.49. The highest BCUT2D eigenvalue weighted by atomic mass is 16.2. The largest absolute Gasteiger partial charge is 0.350 e. The summed E-state index contributed by atoms with van der Waals surface area (Å²) in [4.78, 5) is 23.0. The van der Waals surface area contributed by atoms with E-state index < -0.39 is 6.04 Å². The van der Waals surface area contributed by atoms with E-state index in [0.717, 1.165) is 0 Å². The van der Waals surface area contributed by atoms with Crippen LogP contribution in [0.15, 0.2) is 0 Å². The molecule has 2 amide bonds. The van der Waals surface area contributed by atoms with Gasteiger partial charge in [0.25, 0.3) is 0 Å². The number of rotatable bonds is 5. The molecule has 0 fully saturated rings. The minimum Gasteiger partial charge on any atom is -0.350 e. The fraction of sp³-hybridized carbons (Fsp3) is 0.833. The molecule has 0 aromatic rings. The molecular weight excluding hydrogens is 218 g/mol. The maximum absolute atomic E-state index is 11.5. The number of amides is 2. The van der Waals surface area contributed by atoms with Gasteiger partial charge in [0.1, 0.15) is 0 Å². The van der Waals surface area contributed by atoms with Crippen molar-refractivity contribution in [2.75, 3.05) is 6.54 Å². The van der Waals surface area contributed by atoms with Crippen LogP contribution < -0.4 is 16.4 Å². The van der Waals surface area contributed by atoms with Crippen molar-refractivity contribution in [3.8, 4) is 0 Å². The van der Waals surface area contributed by atoms with Crippen molar-refractivity contribution >= 4 is 11.8 Å². The van der Waals surface area contributed by atoms with Gasteiger partial charge in [-0.2, -0.15) is 0 Å². The van der Waals surface area contributed by atoms with E-state index in [2.05, 4.69) is 10.6 Å². The van der Waals surface area contributed by atoms with Gasteiger partial charge in [-0.15, -0.1) is 0 Å². The van der Waals surface area contributed by atoms with E-state index >= 15 is 0 Å². The van der Waals surface area contributed by atoms with E-state index in [1.165, 1.54) is 0 Å². The van der Waals surface area contributed by atoms with Crippen LogP contribution in [0.3, 0.4) is 0 Å². The monoisotopic (exact) mass is 243 g/mol.